The van der Waals surface area contributed by atoms with Crippen LogP contribution < -0.4 is 15.4 Å². The van der Waals surface area contributed by atoms with Gasteiger partial charge in [0.2, 0.25) is 0 Å². The lowest BCUT2D eigenvalue weighted by Gasteiger charge is -2.09. The lowest BCUT2D eigenvalue weighted by molar-refractivity contribution is 0.102. The first-order valence-corrected chi connectivity index (χ1v) is 8.48. The number of benzene rings is 3. The lowest BCUT2D eigenvalue weighted by Crippen LogP contribution is -2.15. The quantitative estimate of drug-likeness (QED) is 0.703. The normalized spacial score (nSPS) is 10.1. The predicted molar refractivity (Wildman–Crippen MR) is 107 cm³/mol. The molecule has 27 heavy (non-hydrogen) atoms. The van der Waals surface area contributed by atoms with Gasteiger partial charge in [0.15, 0.2) is 0 Å². The van der Waals surface area contributed by atoms with Gasteiger partial charge in [-0.15, -0.1) is 0 Å². The van der Waals surface area contributed by atoms with E-state index in [0.29, 0.717) is 28.3 Å². The predicted octanol–water partition coefficient (Wildman–Crippen LogP) is 4.51. The molecule has 0 aliphatic rings. The molecule has 0 atom stereocenters. The van der Waals surface area contributed by atoms with E-state index in [0.717, 1.165) is 5.56 Å². The number of carbonyl (C=O) groups is 2. The molecule has 5 heteroatoms. The van der Waals surface area contributed by atoms with Gasteiger partial charge >= 0.3 is 0 Å². The summed E-state index contributed by atoms with van der Waals surface area (Å²) in [6, 6.07) is 21.2. The molecule has 0 heterocycles. The fourth-order valence-electron chi connectivity index (χ4n) is 2.61. The molecule has 2 N–H and O–H groups in total. The van der Waals surface area contributed by atoms with Gasteiger partial charge in [-0.05, 0) is 67.1 Å². The third kappa shape index (κ3) is 4.73. The molecule has 2 amide bonds. The van der Waals surface area contributed by atoms with Crippen LogP contribution in [0, 0.1) is 6.92 Å². The summed E-state index contributed by atoms with van der Waals surface area (Å²) in [6.45, 7) is 1.96. The lowest BCUT2D eigenvalue weighted by atomic mass is 10.1. The largest absolute Gasteiger partial charge is 0.497 e. The van der Waals surface area contributed by atoms with Gasteiger partial charge in [-0.25, -0.2) is 0 Å². The minimum atomic E-state index is -0.287. The zero-order chi connectivity index (χ0) is 19.2. The number of nitrogens with one attached hydrogen (secondary N) is 2. The Morgan fingerprint density at radius 3 is 1.93 bits per heavy atom. The number of rotatable bonds is 5. The van der Waals surface area contributed by atoms with Crippen LogP contribution in [-0.2, 0) is 0 Å². The first-order valence-electron chi connectivity index (χ1n) is 8.48. The number of aryl methyl sites for hydroxylation is 1. The summed E-state index contributed by atoms with van der Waals surface area (Å²) >= 11 is 0. The second-order valence-electron chi connectivity index (χ2n) is 6.09. The van der Waals surface area contributed by atoms with Crippen molar-refractivity contribution in [1.82, 2.24) is 0 Å². The fraction of sp³-hybridized carbons (Fsp3) is 0.0909. The molecule has 0 saturated heterocycles. The van der Waals surface area contributed by atoms with Crippen molar-refractivity contribution < 1.29 is 14.3 Å². The molecular formula is C22H20N2O3. The molecule has 3 rings (SSSR count). The third-order valence-corrected chi connectivity index (χ3v) is 4.01. The number of methoxy groups -OCH3 is 1. The van der Waals surface area contributed by atoms with Crippen molar-refractivity contribution in [2.24, 2.45) is 0 Å². The van der Waals surface area contributed by atoms with Crippen molar-refractivity contribution in [3.63, 3.8) is 0 Å². The Bertz CT molecular complexity index is 965. The smallest absolute Gasteiger partial charge is 0.255 e. The van der Waals surface area contributed by atoms with Crippen LogP contribution in [0.25, 0.3) is 0 Å². The Kier molecular flexibility index (Phi) is 5.52. The monoisotopic (exact) mass is 360 g/mol. The minimum Gasteiger partial charge on any atom is -0.497 e. The maximum atomic E-state index is 12.5. The van der Waals surface area contributed by atoms with Crippen molar-refractivity contribution in [3.8, 4) is 5.75 Å². The van der Waals surface area contributed by atoms with E-state index in [-0.39, 0.29) is 11.8 Å². The topological polar surface area (TPSA) is 67.4 Å². The second kappa shape index (κ2) is 8.19. The fourth-order valence-corrected chi connectivity index (χ4v) is 2.61. The molecule has 3 aromatic rings. The molecule has 0 spiro atoms. The number of hydrogen-bond acceptors (Lipinski definition) is 3. The third-order valence-electron chi connectivity index (χ3n) is 4.01. The first kappa shape index (κ1) is 18.2. The molecule has 0 fully saturated rings. The zero-order valence-corrected chi connectivity index (χ0v) is 15.2. The Balaban J connectivity index is 1.71. The van der Waals surface area contributed by atoms with E-state index in [1.165, 1.54) is 0 Å². The van der Waals surface area contributed by atoms with Gasteiger partial charge < -0.3 is 15.4 Å². The summed E-state index contributed by atoms with van der Waals surface area (Å²) in [6.07, 6.45) is 0. The van der Waals surface area contributed by atoms with Crippen LogP contribution in [0.3, 0.4) is 0 Å². The Labute approximate surface area is 158 Å². The van der Waals surface area contributed by atoms with Gasteiger partial charge in [-0.2, -0.15) is 0 Å². The van der Waals surface area contributed by atoms with Crippen molar-refractivity contribution >= 4 is 23.2 Å². The van der Waals surface area contributed by atoms with Gasteiger partial charge in [0.1, 0.15) is 5.75 Å². The minimum absolute atomic E-state index is 0.264. The van der Waals surface area contributed by atoms with Gasteiger partial charge in [0.05, 0.1) is 7.11 Å². The second-order valence-corrected chi connectivity index (χ2v) is 6.09. The van der Waals surface area contributed by atoms with Crippen LogP contribution in [0.2, 0.25) is 0 Å². The maximum Gasteiger partial charge on any atom is 0.255 e. The summed E-state index contributed by atoms with van der Waals surface area (Å²) < 4.78 is 5.10. The van der Waals surface area contributed by atoms with E-state index in [1.807, 2.05) is 31.2 Å². The summed E-state index contributed by atoms with van der Waals surface area (Å²) in [5, 5.41) is 5.65. The number of amides is 2. The average Bonchev–Trinajstić information content (AvgIpc) is 2.68. The van der Waals surface area contributed by atoms with Gasteiger partial charge in [0.25, 0.3) is 11.8 Å². The Hall–Kier alpha value is -3.60. The van der Waals surface area contributed by atoms with E-state index in [4.69, 9.17) is 4.74 Å². The number of anilines is 2. The van der Waals surface area contributed by atoms with Crippen molar-refractivity contribution in [2.45, 2.75) is 6.92 Å². The van der Waals surface area contributed by atoms with Crippen LogP contribution in [0.1, 0.15) is 26.3 Å². The molecule has 136 valence electrons. The van der Waals surface area contributed by atoms with E-state index < -0.39 is 0 Å². The van der Waals surface area contributed by atoms with Gasteiger partial charge in [0, 0.05) is 22.5 Å². The van der Waals surface area contributed by atoms with Gasteiger partial charge in [-0.1, -0.05) is 18.2 Å². The van der Waals surface area contributed by atoms with E-state index in [9.17, 15) is 9.59 Å². The molecule has 0 unspecified atom stereocenters. The number of ether oxygens (including phenoxy) is 1. The maximum absolute atomic E-state index is 12.5. The van der Waals surface area contributed by atoms with Crippen molar-refractivity contribution in [2.75, 3.05) is 17.7 Å². The Morgan fingerprint density at radius 2 is 1.33 bits per heavy atom. The first-order chi connectivity index (χ1) is 13.0. The SMILES string of the molecule is COc1ccc(NC(=O)c2cccc(C(=O)Nc3cccc(C)c3)c2)cc1. The van der Waals surface area contributed by atoms with Gasteiger partial charge in [-0.3, -0.25) is 9.59 Å². The van der Waals surface area contributed by atoms with Crippen LogP contribution in [0.15, 0.2) is 72.8 Å². The molecule has 0 saturated carbocycles. The molecule has 0 aliphatic carbocycles. The van der Waals surface area contributed by atoms with E-state index in [1.54, 1.807) is 55.6 Å². The highest BCUT2D eigenvalue weighted by atomic mass is 16.5. The van der Waals surface area contributed by atoms with Crippen LogP contribution in [0.4, 0.5) is 11.4 Å². The molecule has 0 aromatic heterocycles. The van der Waals surface area contributed by atoms with E-state index >= 15 is 0 Å². The number of hydrogen-bond donors (Lipinski definition) is 2. The molecule has 0 radical (unpaired) electrons. The average molecular weight is 360 g/mol. The summed E-state index contributed by atoms with van der Waals surface area (Å²) in [5.74, 6) is 0.160. The summed E-state index contributed by atoms with van der Waals surface area (Å²) in [7, 11) is 1.58. The molecular weight excluding hydrogens is 340 g/mol. The zero-order valence-electron chi connectivity index (χ0n) is 15.2. The van der Waals surface area contributed by atoms with Crippen LogP contribution >= 0.6 is 0 Å². The molecule has 5 nitrogen and oxygen atoms in total. The summed E-state index contributed by atoms with van der Waals surface area (Å²) in [5.41, 5.74) is 3.24. The van der Waals surface area contributed by atoms with Crippen molar-refractivity contribution in [3.05, 3.63) is 89.5 Å². The van der Waals surface area contributed by atoms with Crippen LogP contribution in [-0.4, -0.2) is 18.9 Å². The van der Waals surface area contributed by atoms with Crippen molar-refractivity contribution in [1.29, 1.82) is 0 Å². The Morgan fingerprint density at radius 1 is 0.741 bits per heavy atom. The molecule has 0 bridgehead atoms. The summed E-state index contributed by atoms with van der Waals surface area (Å²) in [4.78, 5) is 24.9. The standard InChI is InChI=1S/C22H20N2O3/c1-15-5-3-8-19(13-15)24-22(26)17-7-4-6-16(14-17)21(25)23-18-9-11-20(27-2)12-10-18/h3-14H,1-2H3,(H,23,25)(H,24,26). The van der Waals surface area contributed by atoms with E-state index in [2.05, 4.69) is 10.6 Å². The number of carbonyl (C=O) groups excluding carboxylic acids is 2. The molecule has 0 aliphatic heterocycles. The highest BCUT2D eigenvalue weighted by molar-refractivity contribution is 6.08. The highest BCUT2D eigenvalue weighted by Gasteiger charge is 2.11. The highest BCUT2D eigenvalue weighted by Crippen LogP contribution is 2.17. The molecule has 3 aromatic carbocycles. The van der Waals surface area contributed by atoms with Crippen LogP contribution in [0.5, 0.6) is 5.75 Å².